The van der Waals surface area contributed by atoms with Crippen LogP contribution in [0.4, 0.5) is 5.69 Å². The van der Waals surface area contributed by atoms with Crippen LogP contribution >= 0.6 is 11.8 Å². The fourth-order valence-corrected chi connectivity index (χ4v) is 3.37. The Balaban J connectivity index is 2.00. The monoisotopic (exact) mass is 264 g/mol. The van der Waals surface area contributed by atoms with E-state index in [9.17, 15) is 4.79 Å². The van der Waals surface area contributed by atoms with Crippen LogP contribution in [0.15, 0.2) is 24.3 Å². The van der Waals surface area contributed by atoms with Crippen molar-refractivity contribution in [2.75, 3.05) is 16.8 Å². The maximum atomic E-state index is 11.0. The third-order valence-electron chi connectivity index (χ3n) is 3.12. The molecule has 0 aromatic heterocycles. The molecule has 1 aliphatic rings. The Hall–Kier alpha value is -1.00. The molecule has 1 fully saturated rings. The second-order valence-electron chi connectivity index (χ2n) is 4.76. The van der Waals surface area contributed by atoms with E-state index in [0.29, 0.717) is 12.1 Å². The molecule has 2 atom stereocenters. The number of amides is 1. The van der Waals surface area contributed by atoms with Gasteiger partial charge in [0, 0.05) is 30.4 Å². The average molecular weight is 264 g/mol. The first-order valence-corrected chi connectivity index (χ1v) is 7.52. The van der Waals surface area contributed by atoms with Crippen LogP contribution in [0, 0.1) is 0 Å². The van der Waals surface area contributed by atoms with Crippen LogP contribution in [0.3, 0.4) is 0 Å². The predicted octanol–water partition coefficient (Wildman–Crippen LogP) is 2.80. The zero-order chi connectivity index (χ0) is 13.0. The first-order valence-electron chi connectivity index (χ1n) is 6.36. The van der Waals surface area contributed by atoms with Gasteiger partial charge >= 0.3 is 0 Å². The van der Waals surface area contributed by atoms with Gasteiger partial charge in [0.1, 0.15) is 0 Å². The third-order valence-corrected chi connectivity index (χ3v) is 4.28. The molecular formula is C14H20N2OS. The molecule has 4 heteroatoms. The summed E-state index contributed by atoms with van der Waals surface area (Å²) >= 11 is 2.01. The Kier molecular flexibility index (Phi) is 4.66. The van der Waals surface area contributed by atoms with E-state index >= 15 is 0 Å². The number of carbonyl (C=O) groups excluding carboxylic acids is 1. The van der Waals surface area contributed by atoms with E-state index in [0.717, 1.165) is 5.69 Å². The van der Waals surface area contributed by atoms with Gasteiger partial charge in [-0.2, -0.15) is 11.8 Å². The van der Waals surface area contributed by atoms with Crippen LogP contribution in [0.5, 0.6) is 0 Å². The normalized spacial score (nSPS) is 20.7. The first kappa shape index (κ1) is 13.4. The molecule has 18 heavy (non-hydrogen) atoms. The van der Waals surface area contributed by atoms with Crippen LogP contribution in [0.25, 0.3) is 0 Å². The maximum Gasteiger partial charge on any atom is 0.221 e. The molecule has 0 spiro atoms. The topological polar surface area (TPSA) is 41.1 Å². The summed E-state index contributed by atoms with van der Waals surface area (Å²) in [6, 6.07) is 8.99. The molecule has 1 amide bonds. The minimum Gasteiger partial charge on any atom is -0.326 e. The molecule has 0 radical (unpaired) electrons. The van der Waals surface area contributed by atoms with Crippen molar-refractivity contribution in [3.05, 3.63) is 29.8 Å². The zero-order valence-corrected chi connectivity index (χ0v) is 11.7. The maximum absolute atomic E-state index is 11.0. The van der Waals surface area contributed by atoms with Crippen LogP contribution in [0.2, 0.25) is 0 Å². The minimum absolute atomic E-state index is 0.0278. The Morgan fingerprint density at radius 3 is 3.00 bits per heavy atom. The fraction of sp³-hybridized carbons (Fsp3) is 0.500. The summed E-state index contributed by atoms with van der Waals surface area (Å²) in [4.78, 5) is 11.0. The minimum atomic E-state index is -0.0278. The lowest BCUT2D eigenvalue weighted by Gasteiger charge is -2.19. The molecule has 1 heterocycles. The smallest absolute Gasteiger partial charge is 0.221 e. The lowest BCUT2D eigenvalue weighted by atomic mass is 10.1. The van der Waals surface area contributed by atoms with Gasteiger partial charge in [0.25, 0.3) is 0 Å². The summed E-state index contributed by atoms with van der Waals surface area (Å²) in [5.74, 6) is 2.44. The summed E-state index contributed by atoms with van der Waals surface area (Å²) in [7, 11) is 0. The number of benzene rings is 1. The number of hydrogen-bond donors (Lipinski definition) is 2. The van der Waals surface area contributed by atoms with Gasteiger partial charge in [0.2, 0.25) is 5.91 Å². The molecule has 0 saturated carbocycles. The van der Waals surface area contributed by atoms with Crippen molar-refractivity contribution in [1.82, 2.24) is 5.32 Å². The van der Waals surface area contributed by atoms with Crippen molar-refractivity contribution in [3.8, 4) is 0 Å². The molecule has 1 aromatic rings. The molecule has 3 nitrogen and oxygen atoms in total. The molecule has 0 bridgehead atoms. The number of rotatable bonds is 4. The van der Waals surface area contributed by atoms with Crippen LogP contribution < -0.4 is 10.6 Å². The number of nitrogens with one attached hydrogen (secondary N) is 2. The van der Waals surface area contributed by atoms with Gasteiger partial charge in [-0.3, -0.25) is 4.79 Å². The van der Waals surface area contributed by atoms with Gasteiger partial charge in [-0.15, -0.1) is 0 Å². The van der Waals surface area contributed by atoms with Gasteiger partial charge in [-0.25, -0.2) is 0 Å². The lowest BCUT2D eigenvalue weighted by molar-refractivity contribution is -0.114. The fourth-order valence-electron chi connectivity index (χ4n) is 2.20. The van der Waals surface area contributed by atoms with Gasteiger partial charge in [-0.1, -0.05) is 12.1 Å². The predicted molar refractivity (Wildman–Crippen MR) is 78.0 cm³/mol. The summed E-state index contributed by atoms with van der Waals surface area (Å²) in [6.07, 6.45) is 1.25. The summed E-state index contributed by atoms with van der Waals surface area (Å²) in [6.45, 7) is 3.71. The second-order valence-corrected chi connectivity index (χ2v) is 5.91. The van der Waals surface area contributed by atoms with E-state index in [2.05, 4.69) is 23.6 Å². The molecular weight excluding hydrogens is 244 g/mol. The van der Waals surface area contributed by atoms with Crippen LogP contribution in [0.1, 0.15) is 31.9 Å². The van der Waals surface area contributed by atoms with Crippen LogP contribution in [-0.4, -0.2) is 23.5 Å². The van der Waals surface area contributed by atoms with Gasteiger partial charge in [0.05, 0.1) is 0 Å². The Bertz CT molecular complexity index is 416. The number of hydrogen-bond acceptors (Lipinski definition) is 3. The van der Waals surface area contributed by atoms with Crippen LogP contribution in [-0.2, 0) is 4.79 Å². The molecule has 0 aliphatic carbocycles. The van der Waals surface area contributed by atoms with Gasteiger partial charge in [0.15, 0.2) is 0 Å². The standard InChI is InChI=1S/C14H20N2OS/c1-10(15-14-6-7-18-9-14)12-4-3-5-13(8-12)16-11(2)17/h3-5,8,10,14-15H,6-7,9H2,1-2H3,(H,16,17). The van der Waals surface area contributed by atoms with Crippen molar-refractivity contribution < 1.29 is 4.79 Å². The summed E-state index contributed by atoms with van der Waals surface area (Å²) in [5.41, 5.74) is 2.09. The highest BCUT2D eigenvalue weighted by molar-refractivity contribution is 7.99. The SMILES string of the molecule is CC(=O)Nc1cccc(C(C)NC2CCSC2)c1. The highest BCUT2D eigenvalue weighted by Gasteiger charge is 2.18. The van der Waals surface area contributed by atoms with E-state index < -0.39 is 0 Å². The Morgan fingerprint density at radius 2 is 2.33 bits per heavy atom. The van der Waals surface area contributed by atoms with E-state index in [4.69, 9.17) is 0 Å². The Labute approximate surface area is 113 Å². The van der Waals surface area contributed by atoms with Gasteiger partial charge < -0.3 is 10.6 Å². The third kappa shape index (κ3) is 3.75. The van der Waals surface area contributed by atoms with Crippen molar-refractivity contribution >= 4 is 23.4 Å². The van der Waals surface area contributed by atoms with Crippen molar-refractivity contribution in [1.29, 1.82) is 0 Å². The van der Waals surface area contributed by atoms with E-state index in [-0.39, 0.29) is 5.91 Å². The van der Waals surface area contributed by atoms with E-state index in [1.54, 1.807) is 0 Å². The lowest BCUT2D eigenvalue weighted by Crippen LogP contribution is -2.31. The molecule has 1 aliphatic heterocycles. The highest BCUT2D eigenvalue weighted by atomic mass is 32.2. The second kappa shape index (κ2) is 6.25. The van der Waals surface area contributed by atoms with Crippen molar-refractivity contribution in [2.24, 2.45) is 0 Å². The largest absolute Gasteiger partial charge is 0.326 e. The van der Waals surface area contributed by atoms with Crippen molar-refractivity contribution in [3.63, 3.8) is 0 Å². The van der Waals surface area contributed by atoms with E-state index in [1.165, 1.54) is 30.4 Å². The highest BCUT2D eigenvalue weighted by Crippen LogP contribution is 2.22. The zero-order valence-electron chi connectivity index (χ0n) is 10.9. The molecule has 1 saturated heterocycles. The molecule has 2 unspecified atom stereocenters. The van der Waals surface area contributed by atoms with Crippen molar-refractivity contribution in [2.45, 2.75) is 32.4 Å². The number of carbonyl (C=O) groups is 1. The summed E-state index contributed by atoms with van der Waals surface area (Å²) in [5, 5.41) is 6.46. The summed E-state index contributed by atoms with van der Waals surface area (Å²) < 4.78 is 0. The Morgan fingerprint density at radius 1 is 1.50 bits per heavy atom. The molecule has 98 valence electrons. The molecule has 2 N–H and O–H groups in total. The molecule has 2 rings (SSSR count). The van der Waals surface area contributed by atoms with E-state index in [1.807, 2.05) is 30.0 Å². The van der Waals surface area contributed by atoms with Gasteiger partial charge in [-0.05, 0) is 36.8 Å². The number of anilines is 1. The quantitative estimate of drug-likeness (QED) is 0.878. The number of thioether (sulfide) groups is 1. The average Bonchev–Trinajstić information content (AvgIpc) is 2.81. The first-order chi connectivity index (χ1) is 8.65. The molecule has 1 aromatic carbocycles.